The van der Waals surface area contributed by atoms with Crippen LogP contribution in [-0.2, 0) is 0 Å². The Balaban J connectivity index is 2.52. The summed E-state index contributed by atoms with van der Waals surface area (Å²) in [6.07, 6.45) is 1.27. The Morgan fingerprint density at radius 3 is 2.71 bits per heavy atom. The molecule has 0 amide bonds. The van der Waals surface area contributed by atoms with E-state index in [0.29, 0.717) is 21.5 Å². The number of benzene rings is 1. The highest BCUT2D eigenvalue weighted by Crippen LogP contribution is 2.37. The zero-order chi connectivity index (χ0) is 10.1. The third-order valence-electron chi connectivity index (χ3n) is 1.91. The standard InChI is InChI=1S/C10H7BrO3/c1-2-8(12)6-3-9-10(4-7(6)11)14-5-13-9/h2-4H,1,5H2. The van der Waals surface area contributed by atoms with E-state index < -0.39 is 0 Å². The molecule has 1 aliphatic heterocycles. The molecule has 0 saturated heterocycles. The normalized spacial score (nSPS) is 12.6. The predicted molar refractivity (Wildman–Crippen MR) is 54.8 cm³/mol. The van der Waals surface area contributed by atoms with Crippen LogP contribution in [0.2, 0.25) is 0 Å². The molecule has 0 aliphatic carbocycles. The highest BCUT2D eigenvalue weighted by Gasteiger charge is 2.18. The lowest BCUT2D eigenvalue weighted by atomic mass is 10.1. The van der Waals surface area contributed by atoms with Crippen molar-refractivity contribution >= 4 is 21.7 Å². The Bertz CT molecular complexity index is 412. The van der Waals surface area contributed by atoms with Gasteiger partial charge in [0.05, 0.1) is 0 Å². The average Bonchev–Trinajstić information content (AvgIpc) is 2.62. The van der Waals surface area contributed by atoms with Crippen LogP contribution in [0.25, 0.3) is 0 Å². The van der Waals surface area contributed by atoms with Gasteiger partial charge in [0.15, 0.2) is 17.3 Å². The molecule has 0 fully saturated rings. The molecule has 14 heavy (non-hydrogen) atoms. The van der Waals surface area contributed by atoms with Crippen molar-refractivity contribution in [3.05, 3.63) is 34.8 Å². The Morgan fingerprint density at radius 2 is 2.07 bits per heavy atom. The highest BCUT2D eigenvalue weighted by atomic mass is 79.9. The van der Waals surface area contributed by atoms with Crippen molar-refractivity contribution in [1.82, 2.24) is 0 Å². The van der Waals surface area contributed by atoms with E-state index >= 15 is 0 Å². The number of hydrogen-bond donors (Lipinski definition) is 0. The first-order valence-corrected chi connectivity index (χ1v) is 4.77. The average molecular weight is 255 g/mol. The molecule has 1 heterocycles. The number of ether oxygens (including phenoxy) is 2. The minimum absolute atomic E-state index is 0.143. The minimum atomic E-state index is -0.143. The molecule has 0 unspecified atom stereocenters. The van der Waals surface area contributed by atoms with E-state index in [9.17, 15) is 4.79 Å². The molecule has 72 valence electrons. The molecule has 1 aliphatic rings. The second kappa shape index (κ2) is 3.46. The molecule has 0 atom stereocenters. The second-order valence-corrected chi connectivity index (χ2v) is 3.61. The molecule has 0 N–H and O–H groups in total. The second-order valence-electron chi connectivity index (χ2n) is 2.75. The zero-order valence-electron chi connectivity index (χ0n) is 7.25. The molecule has 1 aromatic rings. The number of carbonyl (C=O) groups excluding carboxylic acids is 1. The zero-order valence-corrected chi connectivity index (χ0v) is 8.83. The lowest BCUT2D eigenvalue weighted by Gasteiger charge is -2.02. The van der Waals surface area contributed by atoms with Crippen LogP contribution in [0.1, 0.15) is 10.4 Å². The fourth-order valence-electron chi connectivity index (χ4n) is 1.22. The van der Waals surface area contributed by atoms with Gasteiger partial charge in [-0.2, -0.15) is 0 Å². The highest BCUT2D eigenvalue weighted by molar-refractivity contribution is 9.10. The van der Waals surface area contributed by atoms with E-state index in [1.54, 1.807) is 12.1 Å². The lowest BCUT2D eigenvalue weighted by molar-refractivity contribution is 0.104. The monoisotopic (exact) mass is 254 g/mol. The van der Waals surface area contributed by atoms with Gasteiger partial charge in [-0.1, -0.05) is 6.58 Å². The fourth-order valence-corrected chi connectivity index (χ4v) is 1.73. The Morgan fingerprint density at radius 1 is 1.43 bits per heavy atom. The molecule has 0 spiro atoms. The van der Waals surface area contributed by atoms with Gasteiger partial charge in [0.2, 0.25) is 6.79 Å². The third-order valence-corrected chi connectivity index (χ3v) is 2.57. The summed E-state index contributed by atoms with van der Waals surface area (Å²) in [7, 11) is 0. The smallest absolute Gasteiger partial charge is 0.231 e. The molecule has 4 heteroatoms. The van der Waals surface area contributed by atoms with Gasteiger partial charge in [-0.05, 0) is 34.1 Å². The van der Waals surface area contributed by atoms with Gasteiger partial charge in [-0.25, -0.2) is 0 Å². The van der Waals surface area contributed by atoms with Crippen LogP contribution in [-0.4, -0.2) is 12.6 Å². The van der Waals surface area contributed by atoms with Gasteiger partial charge < -0.3 is 9.47 Å². The summed E-state index contributed by atoms with van der Waals surface area (Å²) in [5.41, 5.74) is 0.532. The van der Waals surface area contributed by atoms with Crippen LogP contribution < -0.4 is 9.47 Å². The lowest BCUT2D eigenvalue weighted by Crippen LogP contribution is -1.95. The molecular formula is C10H7BrO3. The van der Waals surface area contributed by atoms with Gasteiger partial charge >= 0.3 is 0 Å². The summed E-state index contributed by atoms with van der Waals surface area (Å²) in [5.74, 6) is 1.10. The molecule has 1 aromatic carbocycles. The minimum Gasteiger partial charge on any atom is -0.454 e. The maximum Gasteiger partial charge on any atom is 0.231 e. The van der Waals surface area contributed by atoms with Crippen molar-refractivity contribution in [3.63, 3.8) is 0 Å². The maximum absolute atomic E-state index is 11.4. The third kappa shape index (κ3) is 1.42. The summed E-state index contributed by atoms with van der Waals surface area (Å²) in [5, 5.41) is 0. The van der Waals surface area contributed by atoms with Crippen molar-refractivity contribution < 1.29 is 14.3 Å². The van der Waals surface area contributed by atoms with E-state index in [4.69, 9.17) is 9.47 Å². The molecule has 0 aromatic heterocycles. The SMILES string of the molecule is C=CC(=O)c1cc2c(cc1Br)OCO2. The van der Waals surface area contributed by atoms with Gasteiger partial charge in [-0.15, -0.1) is 0 Å². The van der Waals surface area contributed by atoms with Crippen molar-refractivity contribution in [2.24, 2.45) is 0 Å². The van der Waals surface area contributed by atoms with Crippen LogP contribution in [0.3, 0.4) is 0 Å². The van der Waals surface area contributed by atoms with Crippen molar-refractivity contribution in [2.75, 3.05) is 6.79 Å². The predicted octanol–water partition coefficient (Wildman–Crippen LogP) is 2.55. The van der Waals surface area contributed by atoms with Crippen LogP contribution >= 0.6 is 15.9 Å². The topological polar surface area (TPSA) is 35.5 Å². The van der Waals surface area contributed by atoms with Gasteiger partial charge in [0, 0.05) is 10.0 Å². The van der Waals surface area contributed by atoms with E-state index in [2.05, 4.69) is 22.5 Å². The number of allylic oxidation sites excluding steroid dienone is 1. The number of fused-ring (bicyclic) bond motifs is 1. The van der Waals surface area contributed by atoms with E-state index in [-0.39, 0.29) is 12.6 Å². The number of halogens is 1. The molecular weight excluding hydrogens is 248 g/mol. The molecule has 0 radical (unpaired) electrons. The van der Waals surface area contributed by atoms with Crippen LogP contribution in [0.5, 0.6) is 11.5 Å². The first-order chi connectivity index (χ1) is 6.72. The summed E-state index contributed by atoms with van der Waals surface area (Å²) in [6.45, 7) is 3.63. The quantitative estimate of drug-likeness (QED) is 0.601. The van der Waals surface area contributed by atoms with Crippen molar-refractivity contribution in [1.29, 1.82) is 0 Å². The molecule has 0 saturated carbocycles. The Hall–Kier alpha value is -1.29. The van der Waals surface area contributed by atoms with E-state index in [1.165, 1.54) is 6.08 Å². The fraction of sp³-hybridized carbons (Fsp3) is 0.100. The summed E-state index contributed by atoms with van der Waals surface area (Å²) < 4.78 is 11.0. The van der Waals surface area contributed by atoms with Crippen LogP contribution in [0.4, 0.5) is 0 Å². The Labute approximate surface area is 89.5 Å². The summed E-state index contributed by atoms with van der Waals surface area (Å²) in [6, 6.07) is 3.37. The Kier molecular flexibility index (Phi) is 2.29. The summed E-state index contributed by atoms with van der Waals surface area (Å²) in [4.78, 5) is 11.4. The maximum atomic E-state index is 11.4. The van der Waals surface area contributed by atoms with Crippen LogP contribution in [0.15, 0.2) is 29.3 Å². The van der Waals surface area contributed by atoms with Gasteiger partial charge in [-0.3, -0.25) is 4.79 Å². The summed E-state index contributed by atoms with van der Waals surface area (Å²) >= 11 is 3.29. The molecule has 2 rings (SSSR count). The van der Waals surface area contributed by atoms with E-state index in [0.717, 1.165) is 0 Å². The van der Waals surface area contributed by atoms with Crippen molar-refractivity contribution in [3.8, 4) is 11.5 Å². The van der Waals surface area contributed by atoms with E-state index in [1.807, 2.05) is 0 Å². The first-order valence-electron chi connectivity index (χ1n) is 3.98. The number of hydrogen-bond acceptors (Lipinski definition) is 3. The van der Waals surface area contributed by atoms with Gasteiger partial charge in [0.1, 0.15) is 0 Å². The number of ketones is 1. The van der Waals surface area contributed by atoms with Gasteiger partial charge in [0.25, 0.3) is 0 Å². The molecule has 3 nitrogen and oxygen atoms in total. The largest absolute Gasteiger partial charge is 0.454 e. The first kappa shape index (κ1) is 9.27. The number of rotatable bonds is 2. The molecule has 0 bridgehead atoms. The van der Waals surface area contributed by atoms with Crippen LogP contribution in [0, 0.1) is 0 Å². The number of carbonyl (C=O) groups is 1. The van der Waals surface area contributed by atoms with Crippen molar-refractivity contribution in [2.45, 2.75) is 0 Å².